The van der Waals surface area contributed by atoms with Gasteiger partial charge in [0.2, 0.25) is 5.56 Å². The minimum atomic E-state index is -1.01. The molecular formula is C10H14N4O3. The number of amides is 1. The summed E-state index contributed by atoms with van der Waals surface area (Å²) in [6, 6.07) is 2.62. The Labute approximate surface area is 97.3 Å². The van der Waals surface area contributed by atoms with Crippen LogP contribution in [0.4, 0.5) is 0 Å². The van der Waals surface area contributed by atoms with Crippen molar-refractivity contribution in [3.8, 4) is 0 Å². The summed E-state index contributed by atoms with van der Waals surface area (Å²) in [5.41, 5.74) is 4.24. The van der Waals surface area contributed by atoms with Crippen molar-refractivity contribution in [3.63, 3.8) is 0 Å². The molecule has 0 saturated heterocycles. The van der Waals surface area contributed by atoms with E-state index < -0.39 is 11.4 Å². The van der Waals surface area contributed by atoms with E-state index in [0.29, 0.717) is 0 Å². The zero-order valence-corrected chi connectivity index (χ0v) is 9.52. The fraction of sp³-hybridized carbons (Fsp3) is 0.300. The summed E-state index contributed by atoms with van der Waals surface area (Å²) < 4.78 is 0. The van der Waals surface area contributed by atoms with Crippen molar-refractivity contribution in [1.29, 1.82) is 0 Å². The monoisotopic (exact) mass is 238 g/mol. The number of H-pyrrole nitrogens is 1. The van der Waals surface area contributed by atoms with E-state index >= 15 is 0 Å². The van der Waals surface area contributed by atoms with E-state index in [1.165, 1.54) is 12.3 Å². The van der Waals surface area contributed by atoms with Gasteiger partial charge < -0.3 is 21.2 Å². The maximum absolute atomic E-state index is 11.8. The molecule has 1 heterocycles. The Morgan fingerprint density at radius 3 is 2.76 bits per heavy atom. The number of aromatic amines is 1. The topological polar surface area (TPSA) is 121 Å². The number of carbonyl (C=O) groups excluding carboxylic acids is 1. The molecule has 0 spiro atoms. The highest BCUT2D eigenvalue weighted by Crippen LogP contribution is 2.04. The van der Waals surface area contributed by atoms with Gasteiger partial charge in [-0.05, 0) is 19.9 Å². The number of hydrogen-bond acceptors (Lipinski definition) is 4. The summed E-state index contributed by atoms with van der Waals surface area (Å²) in [4.78, 5) is 25.2. The number of rotatable bonds is 3. The maximum Gasteiger partial charge on any atom is 0.252 e. The van der Waals surface area contributed by atoms with Crippen LogP contribution in [-0.2, 0) is 0 Å². The second-order valence-corrected chi connectivity index (χ2v) is 4.01. The molecule has 7 nitrogen and oxygen atoms in total. The predicted octanol–water partition coefficient (Wildman–Crippen LogP) is -0.370. The molecule has 7 heteroatoms. The number of nitrogens with one attached hydrogen (secondary N) is 2. The SMILES string of the molecule is CC(C)(NC(=O)c1cc[nH]c(=O)c1)/C(N)=N/O. The van der Waals surface area contributed by atoms with Crippen LogP contribution >= 0.6 is 0 Å². The van der Waals surface area contributed by atoms with E-state index in [-0.39, 0.29) is 17.0 Å². The molecular weight excluding hydrogens is 224 g/mol. The molecule has 0 unspecified atom stereocenters. The Bertz CT molecular complexity index is 504. The lowest BCUT2D eigenvalue weighted by atomic mass is 10.0. The molecule has 1 amide bonds. The third-order valence-corrected chi connectivity index (χ3v) is 2.21. The van der Waals surface area contributed by atoms with Crippen molar-refractivity contribution in [1.82, 2.24) is 10.3 Å². The van der Waals surface area contributed by atoms with Crippen LogP contribution < -0.4 is 16.6 Å². The standard InChI is InChI=1S/C10H14N4O3/c1-10(2,9(11)14-17)13-8(16)6-3-4-12-7(15)5-6/h3-5,17H,1-2H3,(H2,11,14)(H,12,15)(H,13,16). The van der Waals surface area contributed by atoms with Crippen molar-refractivity contribution in [3.05, 3.63) is 34.2 Å². The highest BCUT2D eigenvalue weighted by atomic mass is 16.4. The minimum absolute atomic E-state index is 0.129. The van der Waals surface area contributed by atoms with Crippen LogP contribution in [0.1, 0.15) is 24.2 Å². The average Bonchev–Trinajstić information content (AvgIpc) is 2.27. The molecule has 17 heavy (non-hydrogen) atoms. The molecule has 5 N–H and O–H groups in total. The van der Waals surface area contributed by atoms with Gasteiger partial charge in [0, 0.05) is 17.8 Å². The number of nitrogens with two attached hydrogens (primary N) is 1. The van der Waals surface area contributed by atoms with Crippen molar-refractivity contribution in [2.45, 2.75) is 19.4 Å². The summed E-state index contributed by atoms with van der Waals surface area (Å²) >= 11 is 0. The summed E-state index contributed by atoms with van der Waals surface area (Å²) in [6.45, 7) is 3.15. The zero-order valence-electron chi connectivity index (χ0n) is 9.52. The minimum Gasteiger partial charge on any atom is -0.409 e. The van der Waals surface area contributed by atoms with Gasteiger partial charge in [0.25, 0.3) is 5.91 Å². The van der Waals surface area contributed by atoms with E-state index in [2.05, 4.69) is 15.5 Å². The Morgan fingerprint density at radius 2 is 2.24 bits per heavy atom. The molecule has 0 bridgehead atoms. The molecule has 0 aliphatic carbocycles. The first kappa shape index (κ1) is 12.8. The molecule has 0 radical (unpaired) electrons. The fourth-order valence-corrected chi connectivity index (χ4v) is 1.13. The zero-order chi connectivity index (χ0) is 13.1. The molecule has 0 saturated carbocycles. The largest absolute Gasteiger partial charge is 0.409 e. The van der Waals surface area contributed by atoms with Gasteiger partial charge in [-0.1, -0.05) is 5.16 Å². The lowest BCUT2D eigenvalue weighted by Crippen LogP contribution is -2.53. The normalized spacial score (nSPS) is 12.2. The van der Waals surface area contributed by atoms with Crippen LogP contribution in [-0.4, -0.2) is 27.5 Å². The predicted molar refractivity (Wildman–Crippen MR) is 62.0 cm³/mol. The van der Waals surface area contributed by atoms with Gasteiger partial charge in [0.15, 0.2) is 5.84 Å². The van der Waals surface area contributed by atoms with Gasteiger partial charge in [-0.15, -0.1) is 0 Å². The third-order valence-electron chi connectivity index (χ3n) is 2.21. The van der Waals surface area contributed by atoms with E-state index in [4.69, 9.17) is 10.9 Å². The van der Waals surface area contributed by atoms with Crippen LogP contribution in [0.2, 0.25) is 0 Å². The number of nitrogens with zero attached hydrogens (tertiary/aromatic N) is 1. The fourth-order valence-electron chi connectivity index (χ4n) is 1.13. The Kier molecular flexibility index (Phi) is 3.52. The summed E-state index contributed by atoms with van der Waals surface area (Å²) in [5, 5.41) is 13.9. The number of amidine groups is 1. The van der Waals surface area contributed by atoms with Gasteiger partial charge in [0.05, 0.1) is 5.54 Å². The van der Waals surface area contributed by atoms with Crippen molar-refractivity contribution >= 4 is 11.7 Å². The van der Waals surface area contributed by atoms with Gasteiger partial charge in [-0.3, -0.25) is 9.59 Å². The lowest BCUT2D eigenvalue weighted by Gasteiger charge is -2.24. The van der Waals surface area contributed by atoms with E-state index in [9.17, 15) is 9.59 Å². The van der Waals surface area contributed by atoms with Gasteiger partial charge in [0.1, 0.15) is 0 Å². The first-order chi connectivity index (χ1) is 7.86. The number of oxime groups is 1. The number of aromatic nitrogens is 1. The van der Waals surface area contributed by atoms with E-state index in [0.717, 1.165) is 6.07 Å². The third kappa shape index (κ3) is 3.07. The smallest absolute Gasteiger partial charge is 0.252 e. The molecule has 1 aromatic rings. The van der Waals surface area contributed by atoms with Crippen molar-refractivity contribution in [2.75, 3.05) is 0 Å². The molecule has 92 valence electrons. The molecule has 0 fully saturated rings. The Balaban J connectivity index is 2.90. The highest BCUT2D eigenvalue weighted by Gasteiger charge is 2.26. The first-order valence-corrected chi connectivity index (χ1v) is 4.86. The maximum atomic E-state index is 11.8. The van der Waals surface area contributed by atoms with Gasteiger partial charge in [-0.25, -0.2) is 0 Å². The van der Waals surface area contributed by atoms with Crippen LogP contribution in [0.15, 0.2) is 28.3 Å². The molecule has 1 rings (SSSR count). The number of carbonyl (C=O) groups is 1. The molecule has 0 aliphatic rings. The van der Waals surface area contributed by atoms with Crippen molar-refractivity contribution in [2.24, 2.45) is 10.9 Å². The summed E-state index contributed by atoms with van der Waals surface area (Å²) in [6.07, 6.45) is 1.37. The molecule has 1 aromatic heterocycles. The van der Waals surface area contributed by atoms with Crippen molar-refractivity contribution < 1.29 is 10.0 Å². The van der Waals surface area contributed by atoms with Gasteiger partial charge in [-0.2, -0.15) is 0 Å². The van der Waals surface area contributed by atoms with Crippen LogP contribution in [0, 0.1) is 0 Å². The number of pyridine rings is 1. The molecule has 0 atom stereocenters. The second kappa shape index (κ2) is 4.69. The van der Waals surface area contributed by atoms with E-state index in [1.807, 2.05) is 0 Å². The first-order valence-electron chi connectivity index (χ1n) is 4.86. The molecule has 0 aromatic carbocycles. The van der Waals surface area contributed by atoms with Crippen LogP contribution in [0.25, 0.3) is 0 Å². The Hall–Kier alpha value is -2.31. The van der Waals surface area contributed by atoms with Crippen LogP contribution in [0.5, 0.6) is 0 Å². The highest BCUT2D eigenvalue weighted by molar-refractivity contribution is 5.99. The van der Waals surface area contributed by atoms with Gasteiger partial charge >= 0.3 is 0 Å². The Morgan fingerprint density at radius 1 is 1.59 bits per heavy atom. The summed E-state index contributed by atoms with van der Waals surface area (Å²) in [7, 11) is 0. The molecule has 0 aliphatic heterocycles. The quantitative estimate of drug-likeness (QED) is 0.248. The number of hydrogen-bond donors (Lipinski definition) is 4. The summed E-state index contributed by atoms with van der Waals surface area (Å²) in [5.74, 6) is -0.608. The average molecular weight is 238 g/mol. The van der Waals surface area contributed by atoms with E-state index in [1.54, 1.807) is 13.8 Å². The second-order valence-electron chi connectivity index (χ2n) is 4.01. The lowest BCUT2D eigenvalue weighted by molar-refractivity contribution is 0.0930. The van der Waals surface area contributed by atoms with Crippen LogP contribution in [0.3, 0.4) is 0 Å².